The van der Waals surface area contributed by atoms with Crippen molar-refractivity contribution in [2.24, 2.45) is 0 Å². The van der Waals surface area contributed by atoms with E-state index in [1.54, 1.807) is 0 Å². The fourth-order valence-corrected chi connectivity index (χ4v) is 1.75. The number of rotatable bonds is 6. The monoisotopic (exact) mass is 282 g/mol. The molecule has 102 valence electrons. The molecule has 0 saturated carbocycles. The fraction of sp³-hybridized carbons (Fsp3) is 0.444. The quantitative estimate of drug-likeness (QED) is 0.729. The molecule has 18 heavy (non-hydrogen) atoms. The standard InChI is InChI=1S/C9H12BF3NO3S/c1-2-18(15,16)4-3-17-9-5-8(6-14-7-9)10(11,12)13/h5-7H,2-4H2,1H3/q-1. The van der Waals surface area contributed by atoms with Crippen molar-refractivity contribution in [1.29, 1.82) is 0 Å². The zero-order valence-electron chi connectivity index (χ0n) is 9.64. The van der Waals surface area contributed by atoms with Crippen LogP contribution in [0, 0.1) is 0 Å². The van der Waals surface area contributed by atoms with Gasteiger partial charge in [0.15, 0.2) is 9.84 Å². The van der Waals surface area contributed by atoms with Gasteiger partial charge in [0, 0.05) is 11.9 Å². The highest BCUT2D eigenvalue weighted by molar-refractivity contribution is 7.91. The van der Waals surface area contributed by atoms with Gasteiger partial charge >= 0.3 is 6.98 Å². The first kappa shape index (κ1) is 14.8. The first-order chi connectivity index (χ1) is 8.24. The number of nitrogens with zero attached hydrogens (tertiary/aromatic N) is 1. The van der Waals surface area contributed by atoms with Crippen molar-refractivity contribution >= 4 is 22.3 Å². The van der Waals surface area contributed by atoms with Gasteiger partial charge in [0.2, 0.25) is 0 Å². The van der Waals surface area contributed by atoms with Gasteiger partial charge in [-0.3, -0.25) is 4.98 Å². The SMILES string of the molecule is CCS(=O)(=O)CCOc1cncc([B-](F)(F)F)c1. The number of aromatic nitrogens is 1. The third-order valence-corrected chi connectivity index (χ3v) is 3.88. The Bertz CT molecular complexity index is 504. The number of pyridine rings is 1. The zero-order valence-corrected chi connectivity index (χ0v) is 10.5. The second-order valence-electron chi connectivity index (χ2n) is 3.61. The van der Waals surface area contributed by atoms with Gasteiger partial charge in [-0.05, 0) is 6.07 Å². The van der Waals surface area contributed by atoms with E-state index in [1.165, 1.54) is 6.92 Å². The number of halogens is 3. The molecule has 0 unspecified atom stereocenters. The lowest BCUT2D eigenvalue weighted by atomic mass is 9.81. The normalized spacial score (nSPS) is 12.4. The van der Waals surface area contributed by atoms with Gasteiger partial charge < -0.3 is 17.7 Å². The molecular formula is C9H12BF3NO3S-. The first-order valence-corrected chi connectivity index (χ1v) is 7.05. The van der Waals surface area contributed by atoms with Crippen molar-refractivity contribution in [3.05, 3.63) is 18.5 Å². The van der Waals surface area contributed by atoms with Crippen LogP contribution in [0.3, 0.4) is 0 Å². The van der Waals surface area contributed by atoms with E-state index in [4.69, 9.17) is 4.74 Å². The minimum absolute atomic E-state index is 0.0275. The number of hydrogen-bond donors (Lipinski definition) is 0. The Hall–Kier alpha value is -1.25. The van der Waals surface area contributed by atoms with Crippen molar-refractivity contribution in [3.8, 4) is 5.75 Å². The lowest BCUT2D eigenvalue weighted by molar-refractivity contribution is 0.339. The maximum Gasteiger partial charge on any atom is 0.511 e. The Labute approximate surface area is 103 Å². The van der Waals surface area contributed by atoms with E-state index in [0.717, 1.165) is 12.3 Å². The summed E-state index contributed by atoms with van der Waals surface area (Å²) in [4.78, 5) is 3.41. The summed E-state index contributed by atoms with van der Waals surface area (Å²) in [5, 5.41) is 0. The summed E-state index contributed by atoms with van der Waals surface area (Å²) in [7, 11) is -3.19. The number of sulfone groups is 1. The molecule has 0 radical (unpaired) electrons. The summed E-state index contributed by atoms with van der Waals surface area (Å²) in [6, 6.07) is 0.811. The Morgan fingerprint density at radius 1 is 1.33 bits per heavy atom. The molecule has 0 bridgehead atoms. The second-order valence-corrected chi connectivity index (χ2v) is 6.09. The van der Waals surface area contributed by atoms with Gasteiger partial charge in [0.1, 0.15) is 12.4 Å². The molecule has 0 aromatic carbocycles. The van der Waals surface area contributed by atoms with Gasteiger partial charge in [-0.25, -0.2) is 8.42 Å². The van der Waals surface area contributed by atoms with Crippen LogP contribution in [0.4, 0.5) is 12.9 Å². The average molecular weight is 282 g/mol. The van der Waals surface area contributed by atoms with E-state index in [0.29, 0.717) is 6.20 Å². The molecule has 0 N–H and O–H groups in total. The van der Waals surface area contributed by atoms with Crippen LogP contribution in [0.2, 0.25) is 0 Å². The molecule has 1 rings (SSSR count). The van der Waals surface area contributed by atoms with Crippen LogP contribution in [0.15, 0.2) is 18.5 Å². The summed E-state index contributed by atoms with van der Waals surface area (Å²) in [5.41, 5.74) is -0.870. The van der Waals surface area contributed by atoms with Crippen LogP contribution < -0.4 is 10.2 Å². The molecule has 0 aliphatic rings. The molecule has 4 nitrogen and oxygen atoms in total. The molecule has 1 heterocycles. The third kappa shape index (κ3) is 4.56. The summed E-state index contributed by atoms with van der Waals surface area (Å²) >= 11 is 0. The summed E-state index contributed by atoms with van der Waals surface area (Å²) in [6.07, 6.45) is 1.82. The average Bonchev–Trinajstić information content (AvgIpc) is 2.28. The molecule has 0 spiro atoms. The smallest absolute Gasteiger partial charge is 0.491 e. The Kier molecular flexibility index (Phi) is 4.61. The predicted octanol–water partition coefficient (Wildman–Crippen LogP) is 0.950. The highest BCUT2D eigenvalue weighted by Crippen LogP contribution is 2.13. The van der Waals surface area contributed by atoms with E-state index < -0.39 is 22.3 Å². The second kappa shape index (κ2) is 5.60. The molecule has 9 heteroatoms. The van der Waals surface area contributed by atoms with Gasteiger partial charge in [0.25, 0.3) is 0 Å². The highest BCUT2D eigenvalue weighted by Gasteiger charge is 2.26. The molecule has 0 aliphatic carbocycles. The maximum absolute atomic E-state index is 12.4. The van der Waals surface area contributed by atoms with Crippen LogP contribution in [-0.2, 0) is 9.84 Å². The lowest BCUT2D eigenvalue weighted by Crippen LogP contribution is -2.34. The maximum atomic E-state index is 12.4. The van der Waals surface area contributed by atoms with Crippen LogP contribution in [0.5, 0.6) is 5.75 Å². The van der Waals surface area contributed by atoms with Gasteiger partial charge in [-0.15, -0.1) is 0 Å². The van der Waals surface area contributed by atoms with Crippen molar-refractivity contribution in [2.45, 2.75) is 6.92 Å². The molecular weight excluding hydrogens is 270 g/mol. The molecule has 0 amide bonds. The van der Waals surface area contributed by atoms with E-state index in [-0.39, 0.29) is 23.9 Å². The van der Waals surface area contributed by atoms with Crippen molar-refractivity contribution in [1.82, 2.24) is 4.98 Å². The molecule has 0 atom stereocenters. The topological polar surface area (TPSA) is 56.3 Å². The zero-order chi connectivity index (χ0) is 13.8. The van der Waals surface area contributed by atoms with Crippen molar-refractivity contribution < 1.29 is 26.1 Å². The fourth-order valence-electron chi connectivity index (χ4n) is 1.12. The first-order valence-electron chi connectivity index (χ1n) is 5.23. The summed E-state index contributed by atoms with van der Waals surface area (Å²) in [5.74, 6) is -0.344. The van der Waals surface area contributed by atoms with Crippen LogP contribution in [-0.4, -0.2) is 38.5 Å². The van der Waals surface area contributed by atoms with Gasteiger partial charge in [0.05, 0.1) is 11.9 Å². The lowest BCUT2D eigenvalue weighted by Gasteiger charge is -2.15. The van der Waals surface area contributed by atoms with E-state index in [2.05, 4.69) is 4.98 Å². The number of ether oxygens (including phenoxy) is 1. The van der Waals surface area contributed by atoms with Crippen molar-refractivity contribution in [3.63, 3.8) is 0 Å². The molecule has 1 aromatic heterocycles. The van der Waals surface area contributed by atoms with Crippen LogP contribution in [0.25, 0.3) is 0 Å². The molecule has 1 aromatic rings. The van der Waals surface area contributed by atoms with Crippen LogP contribution >= 0.6 is 0 Å². The summed E-state index contributed by atoms with van der Waals surface area (Å²) in [6.45, 7) is -3.83. The van der Waals surface area contributed by atoms with Crippen molar-refractivity contribution in [2.75, 3.05) is 18.1 Å². The molecule has 0 saturated heterocycles. The Morgan fingerprint density at radius 3 is 2.56 bits per heavy atom. The summed E-state index contributed by atoms with van der Waals surface area (Å²) < 4.78 is 64.4. The Morgan fingerprint density at radius 2 is 2.00 bits per heavy atom. The van der Waals surface area contributed by atoms with Gasteiger partial charge in [-0.2, -0.15) is 0 Å². The minimum atomic E-state index is -5.13. The van der Waals surface area contributed by atoms with Gasteiger partial charge in [-0.1, -0.05) is 12.4 Å². The van der Waals surface area contributed by atoms with E-state index in [1.807, 2.05) is 0 Å². The minimum Gasteiger partial charge on any atom is -0.491 e. The van der Waals surface area contributed by atoms with E-state index in [9.17, 15) is 21.4 Å². The third-order valence-electron chi connectivity index (χ3n) is 2.22. The number of hydrogen-bond acceptors (Lipinski definition) is 4. The predicted molar refractivity (Wildman–Crippen MR) is 62.8 cm³/mol. The largest absolute Gasteiger partial charge is 0.511 e. The molecule has 0 aliphatic heterocycles. The van der Waals surface area contributed by atoms with E-state index >= 15 is 0 Å². The van der Waals surface area contributed by atoms with Crippen LogP contribution in [0.1, 0.15) is 6.92 Å². The Balaban J connectivity index is 2.64. The molecule has 0 fully saturated rings. The highest BCUT2D eigenvalue weighted by atomic mass is 32.2.